The van der Waals surface area contributed by atoms with E-state index in [1.807, 2.05) is 28.8 Å². The molecule has 1 unspecified atom stereocenters. The lowest BCUT2D eigenvalue weighted by Gasteiger charge is -2.33. The maximum Gasteiger partial charge on any atom is 0.322 e. The molecule has 2 aromatic heterocycles. The molecule has 0 aliphatic carbocycles. The Morgan fingerprint density at radius 2 is 1.92 bits per heavy atom. The van der Waals surface area contributed by atoms with Gasteiger partial charge in [-0.15, -0.1) is 10.2 Å². The van der Waals surface area contributed by atoms with Crippen molar-refractivity contribution in [2.75, 3.05) is 13.1 Å². The monoisotopic (exact) mass is 356 g/mol. The van der Waals surface area contributed by atoms with E-state index in [9.17, 15) is 14.4 Å². The van der Waals surface area contributed by atoms with Crippen LogP contribution in [-0.2, 0) is 9.59 Å². The number of aromatic nitrogens is 3. The first-order chi connectivity index (χ1) is 12.6. The van der Waals surface area contributed by atoms with Gasteiger partial charge in [-0.2, -0.15) is 0 Å². The number of fused-ring (bicyclic) bond motifs is 1. The molecule has 2 aromatic rings. The zero-order valence-electron chi connectivity index (χ0n) is 14.2. The number of pyridine rings is 1. The fourth-order valence-corrected chi connectivity index (χ4v) is 3.63. The van der Waals surface area contributed by atoms with E-state index in [-0.39, 0.29) is 24.2 Å². The van der Waals surface area contributed by atoms with Crippen molar-refractivity contribution in [1.29, 1.82) is 0 Å². The molecule has 4 amide bonds. The topological polar surface area (TPSA) is 109 Å². The van der Waals surface area contributed by atoms with Crippen molar-refractivity contribution in [2.24, 2.45) is 0 Å². The van der Waals surface area contributed by atoms with Crippen LogP contribution in [0.2, 0.25) is 0 Å². The van der Waals surface area contributed by atoms with E-state index in [1.165, 1.54) is 0 Å². The van der Waals surface area contributed by atoms with Gasteiger partial charge in [0.05, 0.1) is 0 Å². The summed E-state index contributed by atoms with van der Waals surface area (Å²) in [5, 5.41) is 13.3. The molecule has 0 spiro atoms. The number of likely N-dealkylation sites (tertiary alicyclic amines) is 1. The Bertz CT molecular complexity index is 855. The fraction of sp³-hybridized carbons (Fsp3) is 0.471. The van der Waals surface area contributed by atoms with Gasteiger partial charge >= 0.3 is 6.03 Å². The molecule has 136 valence electrons. The van der Waals surface area contributed by atoms with Crippen molar-refractivity contribution in [3.8, 4) is 0 Å². The summed E-state index contributed by atoms with van der Waals surface area (Å²) >= 11 is 0. The van der Waals surface area contributed by atoms with Gasteiger partial charge in [0.25, 0.3) is 0 Å². The Kier molecular flexibility index (Phi) is 4.27. The lowest BCUT2D eigenvalue weighted by molar-refractivity contribution is -0.134. The summed E-state index contributed by atoms with van der Waals surface area (Å²) in [5.74, 6) is 0.684. The number of imide groups is 1. The number of nitrogens with one attached hydrogen (secondary N) is 2. The third kappa shape index (κ3) is 3.12. The van der Waals surface area contributed by atoms with E-state index in [2.05, 4.69) is 20.8 Å². The second-order valence-electron chi connectivity index (χ2n) is 6.70. The minimum atomic E-state index is -0.646. The molecule has 2 fully saturated rings. The van der Waals surface area contributed by atoms with Crippen LogP contribution in [-0.4, -0.2) is 56.5 Å². The van der Waals surface area contributed by atoms with Crippen LogP contribution in [0.3, 0.4) is 0 Å². The highest BCUT2D eigenvalue weighted by Crippen LogP contribution is 2.27. The number of amides is 4. The molecule has 1 atom stereocenters. The van der Waals surface area contributed by atoms with E-state index in [4.69, 9.17) is 0 Å². The quantitative estimate of drug-likeness (QED) is 0.811. The summed E-state index contributed by atoms with van der Waals surface area (Å²) in [6.07, 6.45) is 4.02. The summed E-state index contributed by atoms with van der Waals surface area (Å²) in [6.45, 7) is 1.19. The first-order valence-corrected chi connectivity index (χ1v) is 8.80. The smallest absolute Gasteiger partial charge is 0.322 e. The molecule has 0 bridgehead atoms. The third-order valence-corrected chi connectivity index (χ3v) is 5.03. The van der Waals surface area contributed by atoms with Gasteiger partial charge in [-0.25, -0.2) is 4.79 Å². The minimum Gasteiger partial charge on any atom is -0.341 e. The van der Waals surface area contributed by atoms with Crippen LogP contribution < -0.4 is 10.6 Å². The average Bonchev–Trinajstić information content (AvgIpc) is 3.00. The van der Waals surface area contributed by atoms with Crippen molar-refractivity contribution in [3.05, 3.63) is 30.2 Å². The maximum atomic E-state index is 12.7. The fourth-order valence-electron chi connectivity index (χ4n) is 3.63. The highest BCUT2D eigenvalue weighted by Gasteiger charge is 2.32. The average molecular weight is 356 g/mol. The number of piperidine rings is 1. The Hall–Kier alpha value is -2.97. The number of hydrogen-bond donors (Lipinski definition) is 2. The van der Waals surface area contributed by atoms with Gasteiger partial charge in [0, 0.05) is 31.6 Å². The third-order valence-electron chi connectivity index (χ3n) is 5.03. The van der Waals surface area contributed by atoms with E-state index in [1.54, 1.807) is 4.90 Å². The van der Waals surface area contributed by atoms with E-state index in [0.29, 0.717) is 19.5 Å². The molecule has 2 saturated heterocycles. The lowest BCUT2D eigenvalue weighted by atomic mass is 9.95. The number of carbonyl (C=O) groups excluding carboxylic acids is 3. The zero-order chi connectivity index (χ0) is 18.1. The first kappa shape index (κ1) is 16.5. The molecule has 0 radical (unpaired) electrons. The number of hydrogen-bond acceptors (Lipinski definition) is 5. The molecule has 2 aliphatic heterocycles. The van der Waals surface area contributed by atoms with E-state index >= 15 is 0 Å². The summed E-state index contributed by atoms with van der Waals surface area (Å²) in [6, 6.07) is 4.54. The molecule has 9 nitrogen and oxygen atoms in total. The normalized spacial score (nSPS) is 22.0. The van der Waals surface area contributed by atoms with Crippen molar-refractivity contribution in [3.63, 3.8) is 0 Å². The van der Waals surface area contributed by atoms with Crippen LogP contribution >= 0.6 is 0 Å². The van der Waals surface area contributed by atoms with Crippen molar-refractivity contribution in [1.82, 2.24) is 30.1 Å². The summed E-state index contributed by atoms with van der Waals surface area (Å²) in [4.78, 5) is 37.5. The second-order valence-corrected chi connectivity index (χ2v) is 6.70. The van der Waals surface area contributed by atoms with Gasteiger partial charge in [-0.1, -0.05) is 6.07 Å². The highest BCUT2D eigenvalue weighted by atomic mass is 16.2. The van der Waals surface area contributed by atoms with Crippen LogP contribution in [0.5, 0.6) is 0 Å². The molecular formula is C17H20N6O3. The SMILES string of the molecule is O=C1CCC(C(=O)N2CCC(c3nnc4ccccn34)CC2)NC(=O)N1. The second kappa shape index (κ2) is 6.74. The number of nitrogens with zero attached hydrogens (tertiary/aromatic N) is 4. The molecule has 4 heterocycles. The number of rotatable bonds is 2. The Labute approximate surface area is 149 Å². The van der Waals surface area contributed by atoms with Crippen LogP contribution in [0.25, 0.3) is 5.65 Å². The lowest BCUT2D eigenvalue weighted by Crippen LogP contribution is -2.51. The standard InChI is InChI=1S/C17H20N6O3/c24-14-5-4-12(18-17(26)19-14)16(25)22-9-6-11(7-10-22)15-21-20-13-3-1-2-8-23(13)15/h1-3,8,11-12H,4-7,9-10H2,(H2,18,19,24,26). The van der Waals surface area contributed by atoms with Crippen LogP contribution in [0, 0.1) is 0 Å². The molecule has 2 N–H and O–H groups in total. The highest BCUT2D eigenvalue weighted by molar-refractivity contribution is 5.98. The number of carbonyl (C=O) groups is 3. The van der Waals surface area contributed by atoms with E-state index < -0.39 is 12.1 Å². The van der Waals surface area contributed by atoms with Gasteiger partial charge in [-0.05, 0) is 31.4 Å². The largest absolute Gasteiger partial charge is 0.341 e. The Morgan fingerprint density at radius 1 is 1.12 bits per heavy atom. The van der Waals surface area contributed by atoms with Gasteiger partial charge in [0.15, 0.2) is 5.65 Å². The van der Waals surface area contributed by atoms with Crippen LogP contribution in [0.1, 0.15) is 37.4 Å². The molecule has 26 heavy (non-hydrogen) atoms. The summed E-state index contributed by atoms with van der Waals surface area (Å²) in [7, 11) is 0. The number of urea groups is 1. The molecular weight excluding hydrogens is 336 g/mol. The van der Waals surface area contributed by atoms with Crippen molar-refractivity contribution < 1.29 is 14.4 Å². The zero-order valence-corrected chi connectivity index (χ0v) is 14.2. The van der Waals surface area contributed by atoms with E-state index in [0.717, 1.165) is 24.3 Å². The van der Waals surface area contributed by atoms with Gasteiger partial charge < -0.3 is 10.2 Å². The molecule has 9 heteroatoms. The molecule has 0 saturated carbocycles. The Balaban J connectivity index is 1.41. The minimum absolute atomic E-state index is 0.126. The van der Waals surface area contributed by atoms with Gasteiger partial charge in [0.2, 0.25) is 11.8 Å². The Morgan fingerprint density at radius 3 is 2.73 bits per heavy atom. The van der Waals surface area contributed by atoms with Gasteiger partial charge in [-0.3, -0.25) is 19.3 Å². The molecule has 2 aliphatic rings. The van der Waals surface area contributed by atoms with Crippen LogP contribution in [0.4, 0.5) is 4.79 Å². The van der Waals surface area contributed by atoms with Gasteiger partial charge in [0.1, 0.15) is 11.9 Å². The van der Waals surface area contributed by atoms with Crippen molar-refractivity contribution >= 4 is 23.5 Å². The summed E-state index contributed by atoms with van der Waals surface area (Å²) in [5.41, 5.74) is 0.819. The predicted molar refractivity (Wildman–Crippen MR) is 91.2 cm³/mol. The first-order valence-electron chi connectivity index (χ1n) is 8.80. The van der Waals surface area contributed by atoms with Crippen molar-refractivity contribution in [2.45, 2.75) is 37.6 Å². The predicted octanol–water partition coefficient (Wildman–Crippen LogP) is 0.424. The maximum absolute atomic E-state index is 12.7. The molecule has 4 rings (SSSR count). The summed E-state index contributed by atoms with van der Waals surface area (Å²) < 4.78 is 1.99. The molecule has 0 aromatic carbocycles. The van der Waals surface area contributed by atoms with Crippen LogP contribution in [0.15, 0.2) is 24.4 Å².